The summed E-state index contributed by atoms with van der Waals surface area (Å²) in [6, 6.07) is 8.59. The number of benzene rings is 1. The highest BCUT2D eigenvalue weighted by Gasteiger charge is 2.18. The lowest BCUT2D eigenvalue weighted by molar-refractivity contribution is 0.636. The zero-order chi connectivity index (χ0) is 14.0. The summed E-state index contributed by atoms with van der Waals surface area (Å²) in [4.78, 5) is 1.33. The third kappa shape index (κ3) is 3.40. The van der Waals surface area contributed by atoms with Gasteiger partial charge < -0.3 is 5.32 Å². The average Bonchev–Trinajstić information content (AvgIpc) is 2.67. The van der Waals surface area contributed by atoms with E-state index in [1.54, 1.807) is 11.3 Å². The minimum absolute atomic E-state index is 0.234. The summed E-state index contributed by atoms with van der Waals surface area (Å²) in [5.41, 5.74) is 3.80. The van der Waals surface area contributed by atoms with E-state index in [1.807, 2.05) is 12.1 Å². The maximum absolute atomic E-state index is 6.05. The Hall–Kier alpha value is -0.350. The van der Waals surface area contributed by atoms with Crippen LogP contribution >= 0.6 is 38.9 Å². The van der Waals surface area contributed by atoms with Gasteiger partial charge in [-0.1, -0.05) is 24.6 Å². The van der Waals surface area contributed by atoms with Crippen molar-refractivity contribution in [2.24, 2.45) is 0 Å². The van der Waals surface area contributed by atoms with E-state index in [4.69, 9.17) is 11.6 Å². The number of thiophene rings is 1. The van der Waals surface area contributed by atoms with Gasteiger partial charge in [0, 0.05) is 9.90 Å². The minimum Gasteiger partial charge on any atom is -0.306 e. The van der Waals surface area contributed by atoms with E-state index in [0.29, 0.717) is 0 Å². The first-order chi connectivity index (χ1) is 9.02. The first-order valence-electron chi connectivity index (χ1n) is 6.28. The summed E-state index contributed by atoms with van der Waals surface area (Å²) < 4.78 is 1.21. The van der Waals surface area contributed by atoms with Crippen LogP contribution in [-0.4, -0.2) is 6.54 Å². The van der Waals surface area contributed by atoms with E-state index in [-0.39, 0.29) is 6.04 Å². The summed E-state index contributed by atoms with van der Waals surface area (Å²) in [6.45, 7) is 7.30. The zero-order valence-electron chi connectivity index (χ0n) is 11.3. The van der Waals surface area contributed by atoms with E-state index in [9.17, 15) is 0 Å². The fraction of sp³-hybridized carbons (Fsp3) is 0.333. The van der Waals surface area contributed by atoms with Gasteiger partial charge in [-0.25, -0.2) is 0 Å². The summed E-state index contributed by atoms with van der Waals surface area (Å²) in [6.07, 6.45) is 0. The molecule has 1 unspecified atom stereocenters. The highest BCUT2D eigenvalue weighted by molar-refractivity contribution is 9.11. The van der Waals surface area contributed by atoms with Gasteiger partial charge >= 0.3 is 0 Å². The van der Waals surface area contributed by atoms with Crippen molar-refractivity contribution in [1.82, 2.24) is 5.32 Å². The molecule has 0 aliphatic rings. The van der Waals surface area contributed by atoms with Gasteiger partial charge in [0.05, 0.1) is 9.83 Å². The van der Waals surface area contributed by atoms with Crippen LogP contribution in [-0.2, 0) is 0 Å². The second-order valence-corrected chi connectivity index (χ2v) is 7.44. The van der Waals surface area contributed by atoms with Crippen LogP contribution < -0.4 is 5.32 Å². The van der Waals surface area contributed by atoms with Crippen LogP contribution in [0.4, 0.5) is 0 Å². The lowest BCUT2D eigenvalue weighted by Gasteiger charge is -2.19. The molecule has 0 aliphatic carbocycles. The Morgan fingerprint density at radius 2 is 2.00 bits per heavy atom. The Bertz CT molecular complexity index is 560. The summed E-state index contributed by atoms with van der Waals surface area (Å²) >= 11 is 11.4. The van der Waals surface area contributed by atoms with Crippen molar-refractivity contribution in [2.45, 2.75) is 26.8 Å². The highest BCUT2D eigenvalue weighted by atomic mass is 79.9. The molecule has 0 saturated carbocycles. The van der Waals surface area contributed by atoms with Gasteiger partial charge in [0.25, 0.3) is 0 Å². The average molecular weight is 359 g/mol. The number of rotatable bonds is 4. The van der Waals surface area contributed by atoms with Crippen LogP contribution in [0.25, 0.3) is 0 Å². The molecule has 19 heavy (non-hydrogen) atoms. The van der Waals surface area contributed by atoms with E-state index in [2.05, 4.69) is 54.2 Å². The Labute approximate surface area is 132 Å². The van der Waals surface area contributed by atoms with Crippen molar-refractivity contribution in [3.63, 3.8) is 0 Å². The molecule has 1 aromatic heterocycles. The molecular formula is C15H17BrClNS. The molecule has 0 amide bonds. The van der Waals surface area contributed by atoms with Crippen LogP contribution in [0.1, 0.15) is 34.5 Å². The maximum atomic E-state index is 6.05. The van der Waals surface area contributed by atoms with Crippen LogP contribution in [0.2, 0.25) is 5.02 Å². The quantitative estimate of drug-likeness (QED) is 0.763. The third-order valence-electron chi connectivity index (χ3n) is 3.11. The summed E-state index contributed by atoms with van der Waals surface area (Å²) in [5.74, 6) is 0. The Morgan fingerprint density at radius 3 is 2.53 bits per heavy atom. The smallest absolute Gasteiger partial charge is 0.0731 e. The fourth-order valence-electron chi connectivity index (χ4n) is 2.16. The molecule has 1 atom stereocenters. The van der Waals surface area contributed by atoms with Crippen molar-refractivity contribution in [1.29, 1.82) is 0 Å². The number of aryl methyl sites for hydroxylation is 2. The molecule has 102 valence electrons. The number of hydrogen-bond acceptors (Lipinski definition) is 2. The van der Waals surface area contributed by atoms with Crippen molar-refractivity contribution >= 4 is 38.9 Å². The molecule has 0 aliphatic heterocycles. The molecule has 0 saturated heterocycles. The minimum atomic E-state index is 0.234. The molecule has 1 heterocycles. The molecule has 1 N–H and O–H groups in total. The molecule has 0 spiro atoms. The second kappa shape index (κ2) is 6.40. The van der Waals surface area contributed by atoms with Gasteiger partial charge in [-0.3, -0.25) is 0 Å². The van der Waals surface area contributed by atoms with Gasteiger partial charge in [0.15, 0.2) is 0 Å². The van der Waals surface area contributed by atoms with Crippen LogP contribution in [0.15, 0.2) is 28.1 Å². The molecule has 0 bridgehead atoms. The number of hydrogen-bond donors (Lipinski definition) is 1. The van der Waals surface area contributed by atoms with E-state index in [1.165, 1.54) is 25.4 Å². The molecule has 1 aromatic carbocycles. The van der Waals surface area contributed by atoms with E-state index < -0.39 is 0 Å². The summed E-state index contributed by atoms with van der Waals surface area (Å²) in [7, 11) is 0. The largest absolute Gasteiger partial charge is 0.306 e. The molecule has 0 fully saturated rings. The van der Waals surface area contributed by atoms with Crippen molar-refractivity contribution < 1.29 is 0 Å². The molecule has 2 aromatic rings. The molecular weight excluding hydrogens is 342 g/mol. The standard InChI is InChI=1S/C15H17BrClNS/c1-4-18-14(13-8-10(3)15(16)19-13)12-6-5-11(17)7-9(12)2/h5-8,14,18H,4H2,1-3H3. The van der Waals surface area contributed by atoms with Crippen LogP contribution in [0.5, 0.6) is 0 Å². The van der Waals surface area contributed by atoms with Crippen molar-refractivity contribution in [2.75, 3.05) is 6.54 Å². The predicted octanol–water partition coefficient (Wildman–Crippen LogP) is 5.48. The fourth-order valence-corrected chi connectivity index (χ4v) is 4.05. The van der Waals surface area contributed by atoms with Crippen LogP contribution in [0.3, 0.4) is 0 Å². The van der Waals surface area contributed by atoms with Gasteiger partial charge in [-0.05, 0) is 71.2 Å². The zero-order valence-corrected chi connectivity index (χ0v) is 14.4. The molecule has 4 heteroatoms. The Balaban J connectivity index is 2.44. The van der Waals surface area contributed by atoms with E-state index >= 15 is 0 Å². The van der Waals surface area contributed by atoms with Gasteiger partial charge in [-0.15, -0.1) is 11.3 Å². The maximum Gasteiger partial charge on any atom is 0.0731 e. The molecule has 0 radical (unpaired) electrons. The SMILES string of the molecule is CCNC(c1cc(C)c(Br)s1)c1ccc(Cl)cc1C. The second-order valence-electron chi connectivity index (χ2n) is 4.60. The molecule has 2 rings (SSSR count). The molecule has 1 nitrogen and oxygen atoms in total. The van der Waals surface area contributed by atoms with Crippen molar-refractivity contribution in [3.8, 4) is 0 Å². The topological polar surface area (TPSA) is 12.0 Å². The monoisotopic (exact) mass is 357 g/mol. The Kier molecular flexibility index (Phi) is 5.07. The number of nitrogens with one attached hydrogen (secondary N) is 1. The first-order valence-corrected chi connectivity index (χ1v) is 8.27. The normalized spacial score (nSPS) is 12.7. The van der Waals surface area contributed by atoms with Crippen LogP contribution in [0, 0.1) is 13.8 Å². The highest BCUT2D eigenvalue weighted by Crippen LogP contribution is 2.35. The van der Waals surface area contributed by atoms with Gasteiger partial charge in [0.1, 0.15) is 0 Å². The first kappa shape index (κ1) is 15.0. The predicted molar refractivity (Wildman–Crippen MR) is 88.5 cm³/mol. The van der Waals surface area contributed by atoms with Gasteiger partial charge in [0.2, 0.25) is 0 Å². The lowest BCUT2D eigenvalue weighted by Crippen LogP contribution is -2.21. The lowest BCUT2D eigenvalue weighted by atomic mass is 9.99. The van der Waals surface area contributed by atoms with Gasteiger partial charge in [-0.2, -0.15) is 0 Å². The third-order valence-corrected chi connectivity index (χ3v) is 5.55. The van der Waals surface area contributed by atoms with E-state index in [0.717, 1.165) is 11.6 Å². The Morgan fingerprint density at radius 1 is 1.26 bits per heavy atom. The summed E-state index contributed by atoms with van der Waals surface area (Å²) in [5, 5.41) is 4.35. The van der Waals surface area contributed by atoms with Crippen molar-refractivity contribution in [3.05, 3.63) is 54.6 Å². The number of halogens is 2.